The van der Waals surface area contributed by atoms with E-state index in [9.17, 15) is 9.59 Å². The molecule has 0 saturated carbocycles. The van der Waals surface area contributed by atoms with Crippen molar-refractivity contribution in [1.29, 1.82) is 0 Å². The number of ether oxygens (including phenoxy) is 2. The number of carbonyl (C=O) groups is 2. The Hall–Kier alpha value is -3.02. The number of nitrogens with zero attached hydrogens (tertiary/aromatic N) is 1. The molecule has 1 heterocycles. The summed E-state index contributed by atoms with van der Waals surface area (Å²) in [5.74, 6) is 0. The average molecular weight is 411 g/mol. The fraction of sp³-hybridized carbons (Fsp3) is 0.417. The van der Waals surface area contributed by atoms with Gasteiger partial charge in [0, 0.05) is 6.54 Å². The van der Waals surface area contributed by atoms with E-state index in [4.69, 9.17) is 9.47 Å². The van der Waals surface area contributed by atoms with Crippen molar-refractivity contribution in [3.8, 4) is 0 Å². The summed E-state index contributed by atoms with van der Waals surface area (Å²) in [7, 11) is 0. The highest BCUT2D eigenvalue weighted by atomic mass is 16.6. The molecule has 0 bridgehead atoms. The average Bonchev–Trinajstić information content (AvgIpc) is 2.77. The predicted octanol–water partition coefficient (Wildman–Crippen LogP) is 5.06. The van der Waals surface area contributed by atoms with Gasteiger partial charge in [0.05, 0.1) is 12.6 Å². The van der Waals surface area contributed by atoms with E-state index in [-0.39, 0.29) is 25.3 Å². The van der Waals surface area contributed by atoms with Gasteiger partial charge < -0.3 is 19.7 Å². The zero-order valence-corrected chi connectivity index (χ0v) is 17.7. The highest BCUT2D eigenvalue weighted by Crippen LogP contribution is 2.32. The van der Waals surface area contributed by atoms with Crippen LogP contribution in [0.2, 0.25) is 0 Å². The molecule has 3 rings (SSSR count). The van der Waals surface area contributed by atoms with E-state index in [1.165, 1.54) is 0 Å². The van der Waals surface area contributed by atoms with Gasteiger partial charge in [-0.05, 0) is 44.2 Å². The summed E-state index contributed by atoms with van der Waals surface area (Å²) >= 11 is 0. The van der Waals surface area contributed by atoms with E-state index < -0.39 is 11.7 Å². The number of hydrogen-bond acceptors (Lipinski definition) is 4. The third kappa shape index (κ3) is 6.24. The molecule has 0 spiro atoms. The molecule has 1 aliphatic heterocycles. The van der Waals surface area contributed by atoms with E-state index >= 15 is 0 Å². The molecule has 1 N–H and O–H groups in total. The van der Waals surface area contributed by atoms with Gasteiger partial charge in [-0.1, -0.05) is 60.7 Å². The first-order chi connectivity index (χ1) is 14.4. The lowest BCUT2D eigenvalue weighted by atomic mass is 9.96. The summed E-state index contributed by atoms with van der Waals surface area (Å²) in [5.41, 5.74) is 1.17. The predicted molar refractivity (Wildman–Crippen MR) is 115 cm³/mol. The first-order valence-electron chi connectivity index (χ1n) is 10.4. The molecule has 6 nitrogen and oxygen atoms in total. The lowest BCUT2D eigenvalue weighted by molar-refractivity contribution is -0.000215. The fourth-order valence-corrected chi connectivity index (χ4v) is 3.56. The summed E-state index contributed by atoms with van der Waals surface area (Å²) in [5, 5.41) is 2.69. The number of piperidine rings is 1. The van der Waals surface area contributed by atoms with Crippen molar-refractivity contribution in [1.82, 2.24) is 10.2 Å². The molecule has 30 heavy (non-hydrogen) atoms. The zero-order valence-electron chi connectivity index (χ0n) is 17.7. The van der Waals surface area contributed by atoms with Crippen molar-refractivity contribution in [2.45, 2.75) is 51.4 Å². The van der Waals surface area contributed by atoms with Crippen molar-refractivity contribution in [3.05, 3.63) is 71.8 Å². The molecule has 1 unspecified atom stereocenters. The van der Waals surface area contributed by atoms with E-state index in [0.717, 1.165) is 30.4 Å². The molecule has 2 aromatic rings. The van der Waals surface area contributed by atoms with Gasteiger partial charge in [-0.25, -0.2) is 9.59 Å². The van der Waals surface area contributed by atoms with Crippen molar-refractivity contribution < 1.29 is 19.1 Å². The van der Waals surface area contributed by atoms with Crippen LogP contribution < -0.4 is 5.32 Å². The minimum Gasteiger partial charge on any atom is -0.445 e. The second-order valence-electron chi connectivity index (χ2n) is 8.16. The van der Waals surface area contributed by atoms with Crippen molar-refractivity contribution in [3.63, 3.8) is 0 Å². The van der Waals surface area contributed by atoms with Crippen LogP contribution in [0.3, 0.4) is 0 Å². The van der Waals surface area contributed by atoms with Crippen molar-refractivity contribution >= 4 is 12.2 Å². The highest BCUT2D eigenvalue weighted by molar-refractivity contribution is 5.70. The van der Waals surface area contributed by atoms with Crippen LogP contribution in [0.25, 0.3) is 0 Å². The van der Waals surface area contributed by atoms with Crippen molar-refractivity contribution in [2.75, 3.05) is 13.1 Å². The highest BCUT2D eigenvalue weighted by Gasteiger charge is 2.33. The number of carbonyl (C=O) groups excluding carboxylic acids is 2. The van der Waals surface area contributed by atoms with Gasteiger partial charge in [0.15, 0.2) is 0 Å². The van der Waals surface area contributed by atoms with Crippen molar-refractivity contribution in [2.24, 2.45) is 0 Å². The summed E-state index contributed by atoms with van der Waals surface area (Å²) < 4.78 is 11.0. The smallest absolute Gasteiger partial charge is 0.410 e. The maximum atomic E-state index is 12.9. The summed E-state index contributed by atoms with van der Waals surface area (Å²) in [6, 6.07) is 19.5. The third-order valence-corrected chi connectivity index (χ3v) is 5.16. The van der Waals surface area contributed by atoms with Gasteiger partial charge >= 0.3 is 12.2 Å². The maximum Gasteiger partial charge on any atom is 0.410 e. The van der Waals surface area contributed by atoms with Crippen LogP contribution in [0.15, 0.2) is 60.7 Å². The Morgan fingerprint density at radius 2 is 1.70 bits per heavy atom. The second kappa shape index (κ2) is 10.1. The van der Waals surface area contributed by atoms with Gasteiger partial charge in [-0.2, -0.15) is 0 Å². The first kappa shape index (κ1) is 21.7. The Balaban J connectivity index is 1.50. The molecule has 2 aromatic carbocycles. The van der Waals surface area contributed by atoms with Crippen LogP contribution in [0.1, 0.15) is 50.3 Å². The fourth-order valence-electron chi connectivity index (χ4n) is 3.56. The van der Waals surface area contributed by atoms with Crippen LogP contribution in [-0.2, 0) is 16.1 Å². The zero-order chi connectivity index (χ0) is 21.4. The molecule has 1 fully saturated rings. The number of amides is 2. The molecular weight excluding hydrogens is 380 g/mol. The number of hydrogen-bond donors (Lipinski definition) is 1. The Labute approximate surface area is 178 Å². The quantitative estimate of drug-likeness (QED) is 0.723. The molecule has 1 atom stereocenters. The topological polar surface area (TPSA) is 67.9 Å². The molecule has 160 valence electrons. The molecular formula is C24H30N2O4. The van der Waals surface area contributed by atoms with Crippen LogP contribution in [0.5, 0.6) is 0 Å². The molecule has 0 radical (unpaired) electrons. The van der Waals surface area contributed by atoms with Gasteiger partial charge in [0.25, 0.3) is 0 Å². The molecule has 2 amide bonds. The molecule has 0 aromatic heterocycles. The van der Waals surface area contributed by atoms with Gasteiger partial charge in [0.2, 0.25) is 0 Å². The molecule has 6 heteroatoms. The van der Waals surface area contributed by atoms with Gasteiger partial charge in [0.1, 0.15) is 12.2 Å². The van der Waals surface area contributed by atoms with E-state index in [1.807, 2.05) is 60.7 Å². The first-order valence-corrected chi connectivity index (χ1v) is 10.4. The standard InChI is InChI=1S/C24H30N2O4/c1-24(2,18-25-22(27)29-17-19-11-5-3-6-12-19)30-23(28)26-16-10-9-15-21(26)20-13-7-4-8-14-20/h3-8,11-14,21H,9-10,15-18H2,1-2H3,(H,25,27). The van der Waals surface area contributed by atoms with Gasteiger partial charge in [-0.3, -0.25) is 0 Å². The Kier molecular flexibility index (Phi) is 7.33. The number of benzene rings is 2. The van der Waals surface area contributed by atoms with Crippen LogP contribution in [-0.4, -0.2) is 35.8 Å². The number of alkyl carbamates (subject to hydrolysis) is 1. The number of nitrogens with one attached hydrogen (secondary N) is 1. The summed E-state index contributed by atoms with van der Waals surface area (Å²) in [4.78, 5) is 26.7. The Morgan fingerprint density at radius 3 is 2.40 bits per heavy atom. The molecule has 1 aliphatic rings. The normalized spacial score (nSPS) is 16.6. The third-order valence-electron chi connectivity index (χ3n) is 5.16. The Bertz CT molecular complexity index is 824. The second-order valence-corrected chi connectivity index (χ2v) is 8.16. The van der Waals surface area contributed by atoms with E-state index in [1.54, 1.807) is 18.7 Å². The lowest BCUT2D eigenvalue weighted by Crippen LogP contribution is -2.47. The monoisotopic (exact) mass is 410 g/mol. The number of likely N-dealkylation sites (tertiary alicyclic amines) is 1. The SMILES string of the molecule is CC(C)(CNC(=O)OCc1ccccc1)OC(=O)N1CCCCC1c1ccccc1. The largest absolute Gasteiger partial charge is 0.445 e. The molecule has 1 saturated heterocycles. The van der Waals surface area contributed by atoms with Crippen LogP contribution in [0, 0.1) is 0 Å². The van der Waals surface area contributed by atoms with Gasteiger partial charge in [-0.15, -0.1) is 0 Å². The minimum absolute atomic E-state index is 0.0204. The Morgan fingerprint density at radius 1 is 1.03 bits per heavy atom. The van der Waals surface area contributed by atoms with E-state index in [0.29, 0.717) is 6.54 Å². The number of rotatable bonds is 6. The molecule has 0 aliphatic carbocycles. The lowest BCUT2D eigenvalue weighted by Gasteiger charge is -2.37. The van der Waals surface area contributed by atoms with Crippen LogP contribution >= 0.6 is 0 Å². The summed E-state index contributed by atoms with van der Waals surface area (Å²) in [6.45, 7) is 4.59. The van der Waals surface area contributed by atoms with E-state index in [2.05, 4.69) is 5.32 Å². The minimum atomic E-state index is -0.860. The maximum absolute atomic E-state index is 12.9. The van der Waals surface area contributed by atoms with Crippen LogP contribution in [0.4, 0.5) is 9.59 Å². The summed E-state index contributed by atoms with van der Waals surface area (Å²) in [6.07, 6.45) is 2.07.